The van der Waals surface area contributed by atoms with Crippen LogP contribution in [0.5, 0.6) is 0 Å². The fourth-order valence-corrected chi connectivity index (χ4v) is 3.96. The maximum absolute atomic E-state index is 13.4. The van der Waals surface area contributed by atoms with E-state index in [-0.39, 0.29) is 37.2 Å². The molecule has 0 aromatic heterocycles. The smallest absolute Gasteiger partial charge is 0.326 e. The first kappa shape index (κ1) is 33.4. The van der Waals surface area contributed by atoms with Crippen LogP contribution in [0, 0.1) is 11.8 Å². The predicted molar refractivity (Wildman–Crippen MR) is 150 cm³/mol. The van der Waals surface area contributed by atoms with Gasteiger partial charge in [0.15, 0.2) is 5.96 Å². The average Bonchev–Trinajstić information content (AvgIpc) is 2.84. The van der Waals surface area contributed by atoms with Crippen LogP contribution in [0.4, 0.5) is 0 Å². The number of aliphatic carboxylic acids is 1. The van der Waals surface area contributed by atoms with Crippen molar-refractivity contribution < 1.29 is 24.3 Å². The molecular formula is C27H45N7O5. The Balaban J connectivity index is 3.09. The quantitative estimate of drug-likeness (QED) is 0.0812. The lowest BCUT2D eigenvalue weighted by molar-refractivity contribution is -0.142. The fraction of sp³-hybridized carbons (Fsp3) is 0.593. The summed E-state index contributed by atoms with van der Waals surface area (Å²) in [4.78, 5) is 55.0. The summed E-state index contributed by atoms with van der Waals surface area (Å²) in [7, 11) is 0. The standard InChI is InChI=1S/C27H45N7O5/c1-16(2)13-19(28)23(35)33-21(14-17(3)4)24(36)34-22(15-18-9-6-5-7-10-18)25(37)32-20(26(38)39)11-8-12-31-27(29)30/h5-7,9-10,16-17,19-22H,8,11-15,28H2,1-4H3,(H,32,37)(H,33,35)(H,34,36)(H,38,39)(H4,29,30,31). The molecule has 1 aromatic carbocycles. The van der Waals surface area contributed by atoms with E-state index in [0.717, 1.165) is 5.56 Å². The number of hydrogen-bond acceptors (Lipinski definition) is 6. The van der Waals surface area contributed by atoms with E-state index in [1.807, 2.05) is 33.8 Å². The molecule has 0 fully saturated rings. The summed E-state index contributed by atoms with van der Waals surface area (Å²) >= 11 is 0. The zero-order valence-corrected chi connectivity index (χ0v) is 23.4. The number of nitrogens with two attached hydrogens (primary N) is 3. The number of aliphatic imine (C=N–C) groups is 1. The summed E-state index contributed by atoms with van der Waals surface area (Å²) in [5.41, 5.74) is 17.4. The van der Waals surface area contributed by atoms with Crippen LogP contribution in [-0.2, 0) is 25.6 Å². The summed E-state index contributed by atoms with van der Waals surface area (Å²) < 4.78 is 0. The van der Waals surface area contributed by atoms with Crippen LogP contribution < -0.4 is 33.2 Å². The van der Waals surface area contributed by atoms with Crippen molar-refractivity contribution in [1.82, 2.24) is 16.0 Å². The molecule has 4 atom stereocenters. The molecule has 0 saturated heterocycles. The molecule has 3 amide bonds. The van der Waals surface area contributed by atoms with E-state index in [1.165, 1.54) is 0 Å². The van der Waals surface area contributed by atoms with Crippen molar-refractivity contribution in [2.75, 3.05) is 6.54 Å². The van der Waals surface area contributed by atoms with Gasteiger partial charge in [0.25, 0.3) is 0 Å². The average molecular weight is 548 g/mol. The van der Waals surface area contributed by atoms with E-state index in [0.29, 0.717) is 19.3 Å². The number of nitrogens with zero attached hydrogens (tertiary/aromatic N) is 1. The van der Waals surface area contributed by atoms with Crippen molar-refractivity contribution in [3.05, 3.63) is 35.9 Å². The lowest BCUT2D eigenvalue weighted by Gasteiger charge is -2.26. The highest BCUT2D eigenvalue weighted by molar-refractivity contribution is 5.94. The Morgan fingerprint density at radius 2 is 1.36 bits per heavy atom. The van der Waals surface area contributed by atoms with Gasteiger partial charge in [-0.15, -0.1) is 0 Å². The van der Waals surface area contributed by atoms with Gasteiger partial charge in [0.1, 0.15) is 18.1 Å². The van der Waals surface area contributed by atoms with E-state index < -0.39 is 47.9 Å². The number of carbonyl (C=O) groups excluding carboxylic acids is 3. The van der Waals surface area contributed by atoms with Crippen LogP contribution in [0.1, 0.15) is 58.9 Å². The van der Waals surface area contributed by atoms with Gasteiger partial charge >= 0.3 is 5.97 Å². The SMILES string of the molecule is CC(C)CC(N)C(=O)NC(CC(C)C)C(=O)NC(Cc1ccccc1)C(=O)NC(CCCN=C(N)N)C(=O)O. The summed E-state index contributed by atoms with van der Waals surface area (Å²) in [5, 5.41) is 17.6. The first-order valence-electron chi connectivity index (χ1n) is 13.3. The fourth-order valence-electron chi connectivity index (χ4n) is 3.96. The molecular weight excluding hydrogens is 502 g/mol. The lowest BCUT2D eigenvalue weighted by Crippen LogP contribution is -2.58. The predicted octanol–water partition coefficient (Wildman–Crippen LogP) is 0.241. The molecule has 39 heavy (non-hydrogen) atoms. The minimum atomic E-state index is -1.22. The molecule has 0 aliphatic rings. The van der Waals surface area contributed by atoms with Crippen molar-refractivity contribution in [3.63, 3.8) is 0 Å². The molecule has 218 valence electrons. The molecule has 0 aliphatic carbocycles. The van der Waals surface area contributed by atoms with Crippen LogP contribution in [0.25, 0.3) is 0 Å². The van der Waals surface area contributed by atoms with Gasteiger partial charge in [-0.25, -0.2) is 4.79 Å². The molecule has 4 unspecified atom stereocenters. The number of nitrogens with one attached hydrogen (secondary N) is 3. The number of hydrogen-bond donors (Lipinski definition) is 7. The molecule has 10 N–H and O–H groups in total. The highest BCUT2D eigenvalue weighted by atomic mass is 16.4. The monoisotopic (exact) mass is 547 g/mol. The molecule has 0 bridgehead atoms. The zero-order valence-electron chi connectivity index (χ0n) is 23.4. The van der Waals surface area contributed by atoms with Gasteiger partial charge in [0, 0.05) is 13.0 Å². The maximum Gasteiger partial charge on any atom is 0.326 e. The number of guanidine groups is 1. The maximum atomic E-state index is 13.4. The Kier molecular flexibility index (Phi) is 14.6. The van der Waals surface area contributed by atoms with Gasteiger partial charge < -0.3 is 38.3 Å². The van der Waals surface area contributed by atoms with Crippen molar-refractivity contribution in [3.8, 4) is 0 Å². The topological polar surface area (TPSA) is 215 Å². The van der Waals surface area contributed by atoms with Crippen molar-refractivity contribution >= 4 is 29.7 Å². The molecule has 0 heterocycles. The highest BCUT2D eigenvalue weighted by Gasteiger charge is 2.31. The van der Waals surface area contributed by atoms with Gasteiger partial charge in [-0.1, -0.05) is 58.0 Å². The van der Waals surface area contributed by atoms with Gasteiger partial charge in [0.2, 0.25) is 17.7 Å². The van der Waals surface area contributed by atoms with Crippen LogP contribution in [0.3, 0.4) is 0 Å². The van der Waals surface area contributed by atoms with Crippen molar-refractivity contribution in [2.24, 2.45) is 34.0 Å². The second-order valence-corrected chi connectivity index (χ2v) is 10.5. The number of carboxylic acid groups (broad SMARTS) is 1. The summed E-state index contributed by atoms with van der Waals surface area (Å²) in [5.74, 6) is -2.72. The number of carbonyl (C=O) groups is 4. The normalized spacial score (nSPS) is 14.1. The second kappa shape index (κ2) is 17.0. The Morgan fingerprint density at radius 3 is 1.90 bits per heavy atom. The van der Waals surface area contributed by atoms with Crippen molar-refractivity contribution in [1.29, 1.82) is 0 Å². The molecule has 12 heteroatoms. The van der Waals surface area contributed by atoms with E-state index >= 15 is 0 Å². The second-order valence-electron chi connectivity index (χ2n) is 10.5. The lowest BCUT2D eigenvalue weighted by atomic mass is 9.99. The molecule has 0 saturated carbocycles. The van der Waals surface area contributed by atoms with Crippen LogP contribution in [0.2, 0.25) is 0 Å². The first-order chi connectivity index (χ1) is 18.3. The minimum absolute atomic E-state index is 0.0605. The Labute approximate surface area is 230 Å². The summed E-state index contributed by atoms with van der Waals surface area (Å²) in [6.45, 7) is 7.93. The van der Waals surface area contributed by atoms with Crippen LogP contribution >= 0.6 is 0 Å². The van der Waals surface area contributed by atoms with Crippen molar-refractivity contribution in [2.45, 2.75) is 84.0 Å². The van der Waals surface area contributed by atoms with Gasteiger partial charge in [-0.05, 0) is 43.1 Å². The van der Waals surface area contributed by atoms with E-state index in [1.54, 1.807) is 24.3 Å². The largest absolute Gasteiger partial charge is 0.480 e. The number of rotatable bonds is 17. The number of carboxylic acids is 1. The highest BCUT2D eigenvalue weighted by Crippen LogP contribution is 2.10. The Hall–Kier alpha value is -3.67. The number of amides is 3. The third kappa shape index (κ3) is 13.6. The van der Waals surface area contributed by atoms with Gasteiger partial charge in [-0.3, -0.25) is 19.4 Å². The van der Waals surface area contributed by atoms with Crippen LogP contribution in [0.15, 0.2) is 35.3 Å². The summed E-state index contributed by atoms with van der Waals surface area (Å²) in [6.07, 6.45) is 1.32. The van der Waals surface area contributed by atoms with Gasteiger partial charge in [-0.2, -0.15) is 0 Å². The number of benzene rings is 1. The third-order valence-corrected chi connectivity index (χ3v) is 5.88. The van der Waals surface area contributed by atoms with E-state index in [4.69, 9.17) is 17.2 Å². The zero-order chi connectivity index (χ0) is 29.5. The third-order valence-electron chi connectivity index (χ3n) is 5.88. The molecule has 0 radical (unpaired) electrons. The van der Waals surface area contributed by atoms with E-state index in [2.05, 4.69) is 20.9 Å². The summed E-state index contributed by atoms with van der Waals surface area (Å²) in [6, 6.07) is 5.04. The van der Waals surface area contributed by atoms with E-state index in [9.17, 15) is 24.3 Å². The van der Waals surface area contributed by atoms with Crippen LogP contribution in [-0.4, -0.2) is 65.5 Å². The van der Waals surface area contributed by atoms with Gasteiger partial charge in [0.05, 0.1) is 6.04 Å². The molecule has 12 nitrogen and oxygen atoms in total. The molecule has 0 aliphatic heterocycles. The molecule has 1 aromatic rings. The minimum Gasteiger partial charge on any atom is -0.480 e. The Morgan fingerprint density at radius 1 is 0.821 bits per heavy atom. The molecule has 0 spiro atoms. The molecule has 1 rings (SSSR count). The Bertz CT molecular complexity index is 965. The first-order valence-corrected chi connectivity index (χ1v) is 13.3.